The molecule has 5 heteroatoms. The van der Waals surface area contributed by atoms with Gasteiger partial charge in [0.15, 0.2) is 6.10 Å². The molecule has 3 N–H and O–H groups in total. The largest absolute Gasteiger partial charge is 0.479 e. The van der Waals surface area contributed by atoms with Crippen LogP contribution in [0.1, 0.15) is 19.8 Å². The van der Waals surface area contributed by atoms with E-state index in [1.54, 1.807) is 0 Å². The van der Waals surface area contributed by atoms with Crippen LogP contribution < -0.4 is 5.73 Å². The van der Waals surface area contributed by atoms with Crippen LogP contribution in [0.2, 0.25) is 0 Å². The van der Waals surface area contributed by atoms with Crippen molar-refractivity contribution in [1.82, 2.24) is 0 Å². The highest BCUT2D eigenvalue weighted by atomic mass is 16.5. The Kier molecular flexibility index (Phi) is 2.87. The second kappa shape index (κ2) is 3.74. The van der Waals surface area contributed by atoms with Crippen LogP contribution >= 0.6 is 0 Å². The molecule has 74 valence electrons. The fourth-order valence-electron chi connectivity index (χ4n) is 1.58. The summed E-state index contributed by atoms with van der Waals surface area (Å²) >= 11 is 0. The molecule has 1 saturated heterocycles. The lowest BCUT2D eigenvalue weighted by Crippen LogP contribution is -2.29. The number of hydrogen-bond donors (Lipinski definition) is 2. The molecule has 0 bridgehead atoms. The number of ether oxygens (including phenoxy) is 1. The molecule has 1 fully saturated rings. The van der Waals surface area contributed by atoms with Crippen molar-refractivity contribution in [2.24, 2.45) is 11.7 Å². The third-order valence-electron chi connectivity index (χ3n) is 2.30. The number of carbonyl (C=O) groups excluding carboxylic acids is 1. The average molecular weight is 187 g/mol. The Labute approximate surface area is 75.9 Å². The van der Waals surface area contributed by atoms with Crippen molar-refractivity contribution in [3.05, 3.63) is 0 Å². The van der Waals surface area contributed by atoms with Crippen molar-refractivity contribution in [3.63, 3.8) is 0 Å². The first-order chi connectivity index (χ1) is 6.06. The molecule has 0 aromatic carbocycles. The molecule has 1 aliphatic rings. The molecule has 1 amide bonds. The third kappa shape index (κ3) is 1.98. The zero-order valence-corrected chi connectivity index (χ0v) is 7.40. The number of hydrogen-bond acceptors (Lipinski definition) is 3. The van der Waals surface area contributed by atoms with Crippen LogP contribution in [0.4, 0.5) is 0 Å². The Hall–Kier alpha value is -1.10. The van der Waals surface area contributed by atoms with Gasteiger partial charge < -0.3 is 15.6 Å². The van der Waals surface area contributed by atoms with E-state index >= 15 is 0 Å². The number of rotatable bonds is 3. The van der Waals surface area contributed by atoms with Crippen LogP contribution in [0.25, 0.3) is 0 Å². The maximum Gasteiger partial charge on any atom is 0.332 e. The molecule has 3 unspecified atom stereocenters. The second-order valence-electron chi connectivity index (χ2n) is 3.15. The third-order valence-corrected chi connectivity index (χ3v) is 2.30. The van der Waals surface area contributed by atoms with E-state index in [0.29, 0.717) is 6.42 Å². The zero-order chi connectivity index (χ0) is 10.0. The minimum atomic E-state index is -1.03. The Balaban J connectivity index is 2.66. The molecular formula is C8H13NO4. The molecule has 0 radical (unpaired) electrons. The molecule has 0 saturated carbocycles. The van der Waals surface area contributed by atoms with Gasteiger partial charge in [0.05, 0.1) is 12.0 Å². The van der Waals surface area contributed by atoms with Crippen molar-refractivity contribution in [3.8, 4) is 0 Å². The first kappa shape index (κ1) is 9.98. The fourth-order valence-corrected chi connectivity index (χ4v) is 1.58. The quantitative estimate of drug-likeness (QED) is 0.637. The van der Waals surface area contributed by atoms with Gasteiger partial charge in [-0.05, 0) is 12.8 Å². The highest BCUT2D eigenvalue weighted by molar-refractivity contribution is 5.80. The molecule has 5 nitrogen and oxygen atoms in total. The van der Waals surface area contributed by atoms with Crippen LogP contribution in [-0.2, 0) is 14.3 Å². The lowest BCUT2D eigenvalue weighted by molar-refractivity contribution is -0.149. The summed E-state index contributed by atoms with van der Waals surface area (Å²) in [5.41, 5.74) is 5.11. The van der Waals surface area contributed by atoms with E-state index in [1.165, 1.54) is 0 Å². The number of carboxylic acids is 1. The van der Waals surface area contributed by atoms with Gasteiger partial charge in [0.1, 0.15) is 0 Å². The summed E-state index contributed by atoms with van der Waals surface area (Å²) in [4.78, 5) is 21.4. The fraction of sp³-hybridized carbons (Fsp3) is 0.750. The van der Waals surface area contributed by atoms with E-state index in [-0.39, 0.29) is 12.5 Å². The topological polar surface area (TPSA) is 89.6 Å². The van der Waals surface area contributed by atoms with Crippen molar-refractivity contribution in [2.75, 3.05) is 0 Å². The smallest absolute Gasteiger partial charge is 0.332 e. The summed E-state index contributed by atoms with van der Waals surface area (Å²) in [5, 5.41) is 8.65. The maximum absolute atomic E-state index is 10.9. The predicted molar refractivity (Wildman–Crippen MR) is 43.9 cm³/mol. The van der Waals surface area contributed by atoms with Crippen LogP contribution in [0.3, 0.4) is 0 Å². The molecule has 1 aliphatic heterocycles. The van der Waals surface area contributed by atoms with Crippen LogP contribution in [0.15, 0.2) is 0 Å². The molecule has 1 heterocycles. The number of primary amides is 1. The van der Waals surface area contributed by atoms with E-state index in [1.807, 2.05) is 6.92 Å². The van der Waals surface area contributed by atoms with Gasteiger partial charge in [0.2, 0.25) is 5.91 Å². The van der Waals surface area contributed by atoms with E-state index < -0.39 is 23.9 Å². The Morgan fingerprint density at radius 2 is 2.23 bits per heavy atom. The molecule has 0 aliphatic carbocycles. The summed E-state index contributed by atoms with van der Waals surface area (Å²) in [6, 6.07) is 0. The van der Waals surface area contributed by atoms with Gasteiger partial charge in [-0.15, -0.1) is 0 Å². The Morgan fingerprint density at radius 3 is 2.54 bits per heavy atom. The molecular weight excluding hydrogens is 174 g/mol. The second-order valence-corrected chi connectivity index (χ2v) is 3.15. The van der Waals surface area contributed by atoms with E-state index in [2.05, 4.69) is 0 Å². The van der Waals surface area contributed by atoms with Gasteiger partial charge in [-0.1, -0.05) is 6.92 Å². The van der Waals surface area contributed by atoms with Crippen LogP contribution in [0.5, 0.6) is 0 Å². The Morgan fingerprint density at radius 1 is 1.62 bits per heavy atom. The minimum absolute atomic E-state index is 0.198. The standard InChI is InChI=1S/C8H13NO4/c1-2-5-4(7(9)10)3-6(13-5)8(11)12/h4-6H,2-3H2,1H3,(H2,9,10)(H,11,12). The van der Waals surface area contributed by atoms with E-state index in [9.17, 15) is 9.59 Å². The van der Waals surface area contributed by atoms with Crippen molar-refractivity contribution < 1.29 is 19.4 Å². The number of aliphatic carboxylic acids is 1. The first-order valence-corrected chi connectivity index (χ1v) is 4.23. The lowest BCUT2D eigenvalue weighted by atomic mass is 9.97. The summed E-state index contributed by atoms with van der Waals surface area (Å²) in [6.07, 6.45) is -0.401. The molecule has 1 rings (SSSR count). The van der Waals surface area contributed by atoms with Gasteiger partial charge in [-0.3, -0.25) is 4.79 Å². The van der Waals surface area contributed by atoms with Crippen LogP contribution in [0, 0.1) is 5.92 Å². The number of nitrogens with two attached hydrogens (primary N) is 1. The zero-order valence-electron chi connectivity index (χ0n) is 7.40. The number of carboxylic acid groups (broad SMARTS) is 1. The van der Waals surface area contributed by atoms with Crippen molar-refractivity contribution in [2.45, 2.75) is 32.0 Å². The molecule has 13 heavy (non-hydrogen) atoms. The molecule has 0 aromatic rings. The summed E-state index contributed by atoms with van der Waals surface area (Å²) in [6.45, 7) is 1.84. The average Bonchev–Trinajstić information content (AvgIpc) is 2.47. The number of carbonyl (C=O) groups is 2. The van der Waals surface area contributed by atoms with Gasteiger partial charge >= 0.3 is 5.97 Å². The molecule has 0 aromatic heterocycles. The van der Waals surface area contributed by atoms with E-state index in [4.69, 9.17) is 15.6 Å². The van der Waals surface area contributed by atoms with Crippen molar-refractivity contribution >= 4 is 11.9 Å². The highest BCUT2D eigenvalue weighted by Gasteiger charge is 2.40. The Bertz CT molecular complexity index is 228. The van der Waals surface area contributed by atoms with Gasteiger partial charge in [-0.25, -0.2) is 4.79 Å². The monoisotopic (exact) mass is 187 g/mol. The van der Waals surface area contributed by atoms with Gasteiger partial charge in [0, 0.05) is 0 Å². The van der Waals surface area contributed by atoms with Crippen molar-refractivity contribution in [1.29, 1.82) is 0 Å². The molecule has 0 spiro atoms. The lowest BCUT2D eigenvalue weighted by Gasteiger charge is -2.12. The van der Waals surface area contributed by atoms with Gasteiger partial charge in [0.25, 0.3) is 0 Å². The summed E-state index contributed by atoms with van der Waals surface area (Å²) < 4.78 is 5.15. The highest BCUT2D eigenvalue weighted by Crippen LogP contribution is 2.28. The maximum atomic E-state index is 10.9. The first-order valence-electron chi connectivity index (χ1n) is 4.23. The normalized spacial score (nSPS) is 33.2. The van der Waals surface area contributed by atoms with E-state index in [0.717, 1.165) is 0 Å². The summed E-state index contributed by atoms with van der Waals surface area (Å²) in [7, 11) is 0. The predicted octanol–water partition coefficient (Wildman–Crippen LogP) is -0.260. The number of amides is 1. The minimum Gasteiger partial charge on any atom is -0.479 e. The van der Waals surface area contributed by atoms with Crippen LogP contribution in [-0.4, -0.2) is 29.2 Å². The SMILES string of the molecule is CCC1OC(C(=O)O)CC1C(N)=O. The summed E-state index contributed by atoms with van der Waals surface area (Å²) in [5.74, 6) is -1.95. The molecule has 3 atom stereocenters. The van der Waals surface area contributed by atoms with Gasteiger partial charge in [-0.2, -0.15) is 0 Å².